The molecule has 47 heavy (non-hydrogen) atoms. The van der Waals surface area contributed by atoms with Gasteiger partial charge in [-0.15, -0.1) is 0 Å². The number of anilines is 1. The van der Waals surface area contributed by atoms with Crippen LogP contribution in [0.2, 0.25) is 0 Å². The fourth-order valence-electron chi connectivity index (χ4n) is 6.54. The number of piperidine rings is 1. The van der Waals surface area contributed by atoms with E-state index in [0.29, 0.717) is 67.3 Å². The minimum atomic E-state index is -1.12. The number of benzene rings is 3. The number of aryl methyl sites for hydroxylation is 1. The lowest BCUT2D eigenvalue weighted by Crippen LogP contribution is -2.41. The van der Waals surface area contributed by atoms with E-state index >= 15 is 0 Å². The molecule has 2 aromatic heterocycles. The molecule has 0 unspecified atom stereocenters. The highest BCUT2D eigenvalue weighted by Gasteiger charge is 2.27. The monoisotopic (exact) mass is 638 g/mol. The largest absolute Gasteiger partial charge is 0.494 e. The van der Waals surface area contributed by atoms with Crippen molar-refractivity contribution in [2.24, 2.45) is 0 Å². The number of carboxylic acid groups (broad SMARTS) is 1. The van der Waals surface area contributed by atoms with Gasteiger partial charge in [-0.2, -0.15) is 0 Å². The summed E-state index contributed by atoms with van der Waals surface area (Å²) in [6, 6.07) is 22.3. The summed E-state index contributed by atoms with van der Waals surface area (Å²) in [5.41, 5.74) is 4.23. The second-order valence-electron chi connectivity index (χ2n) is 12.0. The summed E-state index contributed by atoms with van der Waals surface area (Å²) in [4.78, 5) is 31.8. The highest BCUT2D eigenvalue weighted by Crippen LogP contribution is 2.38. The second kappa shape index (κ2) is 14.2. The zero-order valence-electron chi connectivity index (χ0n) is 26.7. The van der Waals surface area contributed by atoms with Crippen LogP contribution in [0.1, 0.15) is 48.6 Å². The molecule has 10 heteroatoms. The van der Waals surface area contributed by atoms with Crippen molar-refractivity contribution in [1.29, 1.82) is 0 Å². The van der Waals surface area contributed by atoms with Gasteiger partial charge in [0.1, 0.15) is 5.82 Å². The summed E-state index contributed by atoms with van der Waals surface area (Å²) >= 11 is 0. The van der Waals surface area contributed by atoms with Gasteiger partial charge < -0.3 is 24.8 Å². The maximum Gasteiger partial charge on any atom is 0.416 e. The van der Waals surface area contributed by atoms with E-state index < -0.39 is 11.9 Å². The Morgan fingerprint density at radius 3 is 2.47 bits per heavy atom. The van der Waals surface area contributed by atoms with E-state index in [1.165, 1.54) is 17.7 Å². The Labute approximate surface area is 272 Å². The molecule has 0 radical (unpaired) electrons. The van der Waals surface area contributed by atoms with Gasteiger partial charge in [0.25, 0.3) is 0 Å². The predicted molar refractivity (Wildman–Crippen MR) is 180 cm³/mol. The van der Waals surface area contributed by atoms with Crippen molar-refractivity contribution in [3.05, 3.63) is 101 Å². The molecule has 1 amide bonds. The number of hydrogen-bond donors (Lipinski definition) is 2. The molecule has 0 saturated carbocycles. The van der Waals surface area contributed by atoms with E-state index in [-0.39, 0.29) is 24.1 Å². The molecular weight excluding hydrogens is 599 g/mol. The average molecular weight is 639 g/mol. The quantitative estimate of drug-likeness (QED) is 0.150. The molecule has 3 aromatic carbocycles. The van der Waals surface area contributed by atoms with Crippen LogP contribution < -0.4 is 10.1 Å². The number of para-hydroxylation sites is 1. The van der Waals surface area contributed by atoms with Crippen LogP contribution in [0.3, 0.4) is 0 Å². The van der Waals surface area contributed by atoms with Crippen molar-refractivity contribution >= 4 is 39.6 Å². The summed E-state index contributed by atoms with van der Waals surface area (Å²) in [5, 5.41) is 15.8. The van der Waals surface area contributed by atoms with Crippen LogP contribution in [0, 0.1) is 5.82 Å². The Hall–Kier alpha value is -4.96. The van der Waals surface area contributed by atoms with E-state index in [0.717, 1.165) is 34.7 Å². The first-order chi connectivity index (χ1) is 22.8. The smallest absolute Gasteiger partial charge is 0.416 e. The maximum absolute atomic E-state index is 14.8. The van der Waals surface area contributed by atoms with Crippen LogP contribution >= 0.6 is 0 Å². The fourth-order valence-corrected chi connectivity index (χ4v) is 6.54. The van der Waals surface area contributed by atoms with Crippen LogP contribution in [0.4, 0.5) is 15.0 Å². The SMILES string of the molecule is COc1ccc(Cc2nc(NC3CCN(C(C)=O)CC3)c(CCCOCc3ccccc3)c3c4ccccc4n(C(=O)O)c23)cc1F. The first kappa shape index (κ1) is 32.0. The molecule has 0 aliphatic carbocycles. The summed E-state index contributed by atoms with van der Waals surface area (Å²) in [6.45, 7) is 3.90. The third-order valence-electron chi connectivity index (χ3n) is 8.87. The number of amides is 1. The van der Waals surface area contributed by atoms with Crippen molar-refractivity contribution < 1.29 is 28.6 Å². The molecule has 1 aliphatic rings. The number of carbonyl (C=O) groups is 2. The number of aromatic nitrogens is 2. The lowest BCUT2D eigenvalue weighted by molar-refractivity contribution is -0.129. The molecule has 0 spiro atoms. The number of pyridine rings is 1. The van der Waals surface area contributed by atoms with Gasteiger partial charge >= 0.3 is 6.09 Å². The minimum Gasteiger partial charge on any atom is -0.494 e. The molecule has 1 aliphatic heterocycles. The number of rotatable bonds is 11. The molecule has 0 atom stereocenters. The number of carbonyl (C=O) groups excluding carboxylic acids is 1. The highest BCUT2D eigenvalue weighted by molar-refractivity contribution is 6.15. The van der Waals surface area contributed by atoms with Gasteiger partial charge in [0, 0.05) is 55.4 Å². The summed E-state index contributed by atoms with van der Waals surface area (Å²) in [7, 11) is 1.42. The number of likely N-dealkylation sites (tertiary alicyclic amines) is 1. The lowest BCUT2D eigenvalue weighted by atomic mass is 9.98. The number of hydrogen-bond acceptors (Lipinski definition) is 6. The Morgan fingerprint density at radius 1 is 1.02 bits per heavy atom. The third-order valence-corrected chi connectivity index (χ3v) is 8.87. The highest BCUT2D eigenvalue weighted by atomic mass is 19.1. The standard InChI is InChI=1S/C37H39FN4O5/c1-24(43)41-18-16-27(17-19-41)39-36-29(12-8-20-47-23-25-9-4-3-5-10-25)34-28-11-6-7-13-32(28)42(37(44)45)35(34)31(40-36)22-26-14-15-33(46-2)30(38)21-26/h3-7,9-11,13-15,21,27H,8,12,16-20,22-23H2,1-2H3,(H,39,40)(H,44,45). The topological polar surface area (TPSA) is 106 Å². The van der Waals surface area contributed by atoms with Crippen LogP contribution in [0.25, 0.3) is 21.8 Å². The van der Waals surface area contributed by atoms with Gasteiger partial charge in [0.15, 0.2) is 11.6 Å². The molecule has 9 nitrogen and oxygen atoms in total. The van der Waals surface area contributed by atoms with Crippen molar-refractivity contribution in [2.45, 2.75) is 51.7 Å². The van der Waals surface area contributed by atoms with E-state index in [2.05, 4.69) is 5.32 Å². The van der Waals surface area contributed by atoms with Crippen molar-refractivity contribution in [3.63, 3.8) is 0 Å². The molecule has 1 fully saturated rings. The van der Waals surface area contributed by atoms with Crippen LogP contribution in [0.5, 0.6) is 5.75 Å². The van der Waals surface area contributed by atoms with Crippen LogP contribution in [-0.4, -0.2) is 64.4 Å². The van der Waals surface area contributed by atoms with Crippen molar-refractivity contribution in [1.82, 2.24) is 14.5 Å². The minimum absolute atomic E-state index is 0.0645. The van der Waals surface area contributed by atoms with Crippen molar-refractivity contribution in [2.75, 3.05) is 32.1 Å². The zero-order chi connectivity index (χ0) is 32.9. The number of nitrogens with zero attached hydrogens (tertiary/aromatic N) is 3. The molecule has 1 saturated heterocycles. The van der Waals surface area contributed by atoms with Crippen molar-refractivity contribution in [3.8, 4) is 5.75 Å². The van der Waals surface area contributed by atoms with E-state index in [4.69, 9.17) is 14.5 Å². The maximum atomic E-state index is 14.8. The predicted octanol–water partition coefficient (Wildman–Crippen LogP) is 7.03. The Balaban J connectivity index is 1.43. The second-order valence-corrected chi connectivity index (χ2v) is 12.0. The van der Waals surface area contributed by atoms with Crippen LogP contribution in [0.15, 0.2) is 72.8 Å². The number of methoxy groups -OCH3 is 1. The number of halogens is 1. The normalized spacial score (nSPS) is 13.7. The molecule has 0 bridgehead atoms. The molecule has 244 valence electrons. The van der Waals surface area contributed by atoms with E-state index in [1.807, 2.05) is 53.4 Å². The third kappa shape index (κ3) is 6.92. The summed E-state index contributed by atoms with van der Waals surface area (Å²) in [6.07, 6.45) is 1.90. The molecular formula is C37H39FN4O5. The van der Waals surface area contributed by atoms with Gasteiger partial charge in [-0.3, -0.25) is 4.79 Å². The van der Waals surface area contributed by atoms with E-state index in [9.17, 15) is 19.1 Å². The summed E-state index contributed by atoms with van der Waals surface area (Å²) in [5.74, 6) is 0.382. The van der Waals surface area contributed by atoms with Gasteiger partial charge in [-0.25, -0.2) is 18.7 Å². The van der Waals surface area contributed by atoms with Gasteiger partial charge in [0.05, 0.1) is 30.4 Å². The zero-order valence-corrected chi connectivity index (χ0v) is 26.7. The average Bonchev–Trinajstić information content (AvgIpc) is 3.42. The Kier molecular flexibility index (Phi) is 9.68. The molecule has 6 rings (SSSR count). The van der Waals surface area contributed by atoms with E-state index in [1.54, 1.807) is 25.1 Å². The molecule has 5 aromatic rings. The first-order valence-electron chi connectivity index (χ1n) is 16.0. The van der Waals surface area contributed by atoms with Crippen LogP contribution in [-0.2, 0) is 29.0 Å². The number of nitrogens with one attached hydrogen (secondary N) is 1. The fraction of sp³-hybridized carbons (Fsp3) is 0.324. The summed E-state index contributed by atoms with van der Waals surface area (Å²) < 4.78 is 27.2. The Bertz CT molecular complexity index is 1900. The first-order valence-corrected chi connectivity index (χ1v) is 16.0. The van der Waals surface area contributed by atoms with Gasteiger partial charge in [-0.05, 0) is 55.0 Å². The molecule has 2 N–H and O–H groups in total. The van der Waals surface area contributed by atoms with Gasteiger partial charge in [0.2, 0.25) is 5.91 Å². The molecule has 3 heterocycles. The van der Waals surface area contributed by atoms with Gasteiger partial charge in [-0.1, -0.05) is 54.6 Å². The Morgan fingerprint density at radius 2 is 1.77 bits per heavy atom. The number of ether oxygens (including phenoxy) is 2. The lowest BCUT2D eigenvalue weighted by Gasteiger charge is -2.32. The number of fused-ring (bicyclic) bond motifs is 3.